The Bertz CT molecular complexity index is 1160. The van der Waals surface area contributed by atoms with Crippen molar-refractivity contribution in [3.63, 3.8) is 0 Å². The van der Waals surface area contributed by atoms with Crippen LogP contribution in [0.2, 0.25) is 0 Å². The highest BCUT2D eigenvalue weighted by molar-refractivity contribution is 6.02. The van der Waals surface area contributed by atoms with Gasteiger partial charge in [0.1, 0.15) is 5.75 Å². The van der Waals surface area contributed by atoms with Gasteiger partial charge in [0.2, 0.25) is 0 Å². The fraction of sp³-hybridized carbons (Fsp3) is 0.519. The van der Waals surface area contributed by atoms with Crippen LogP contribution in [0, 0.1) is 11.3 Å². The fourth-order valence-corrected chi connectivity index (χ4v) is 5.80. The first-order valence-electron chi connectivity index (χ1n) is 12.3. The van der Waals surface area contributed by atoms with Crippen molar-refractivity contribution in [2.45, 2.75) is 51.9 Å². The van der Waals surface area contributed by atoms with Crippen molar-refractivity contribution in [3.8, 4) is 5.75 Å². The predicted molar refractivity (Wildman–Crippen MR) is 128 cm³/mol. The molecule has 2 aromatic rings. The van der Waals surface area contributed by atoms with Gasteiger partial charge in [-0.2, -0.15) is 0 Å². The number of ether oxygens (including phenoxy) is 3. The van der Waals surface area contributed by atoms with Crippen LogP contribution in [0.5, 0.6) is 5.75 Å². The lowest BCUT2D eigenvalue weighted by atomic mass is 9.77. The Morgan fingerprint density at radius 1 is 0.971 bits per heavy atom. The highest BCUT2D eigenvalue weighted by Crippen LogP contribution is 2.40. The quantitative estimate of drug-likeness (QED) is 0.464. The van der Waals surface area contributed by atoms with E-state index in [1.807, 2.05) is 41.8 Å². The molecule has 2 fully saturated rings. The first-order valence-corrected chi connectivity index (χ1v) is 12.3. The van der Waals surface area contributed by atoms with E-state index in [0.717, 1.165) is 23.4 Å². The number of piperidine rings is 1. The predicted octanol–water partition coefficient (Wildman–Crippen LogP) is 2.73. The van der Waals surface area contributed by atoms with Gasteiger partial charge in [-0.3, -0.25) is 14.4 Å². The molecular weight excluding hydrogens is 448 g/mol. The second-order valence-electron chi connectivity index (χ2n) is 10.4. The Morgan fingerprint density at radius 2 is 1.69 bits per heavy atom. The number of hydrogen-bond acceptors (Lipinski definition) is 7. The lowest BCUT2D eigenvalue weighted by molar-refractivity contribution is -0.252. The average Bonchev–Trinajstić information content (AvgIpc) is 2.79. The minimum atomic E-state index is -1.47. The third-order valence-corrected chi connectivity index (χ3v) is 7.25. The van der Waals surface area contributed by atoms with Gasteiger partial charge >= 0.3 is 11.9 Å². The van der Waals surface area contributed by atoms with E-state index >= 15 is 0 Å². The molecule has 186 valence electrons. The summed E-state index contributed by atoms with van der Waals surface area (Å²) >= 11 is 0. The molecule has 2 saturated heterocycles. The van der Waals surface area contributed by atoms with E-state index in [1.165, 1.54) is 0 Å². The molecule has 3 aliphatic rings. The van der Waals surface area contributed by atoms with Crippen LogP contribution in [0.4, 0.5) is 0 Å². The molecule has 0 saturated carbocycles. The molecule has 3 aliphatic heterocycles. The number of benzene rings is 1. The third-order valence-electron chi connectivity index (χ3n) is 7.25. The highest BCUT2D eigenvalue weighted by atomic mass is 16.7. The summed E-state index contributed by atoms with van der Waals surface area (Å²) in [5.74, 6) is -1.23. The molecule has 0 amide bonds. The molecule has 2 atom stereocenters. The summed E-state index contributed by atoms with van der Waals surface area (Å²) in [6.45, 7) is 7.84. The number of rotatable bonds is 6. The Labute approximate surface area is 204 Å². The van der Waals surface area contributed by atoms with Crippen LogP contribution in [-0.2, 0) is 32.0 Å². The summed E-state index contributed by atoms with van der Waals surface area (Å²) in [5.41, 5.74) is 0.411. The Hall–Kier alpha value is -3.13. The first kappa shape index (κ1) is 23.6. The van der Waals surface area contributed by atoms with Crippen molar-refractivity contribution in [2.24, 2.45) is 11.3 Å². The number of pyridine rings is 1. The maximum atomic E-state index is 13.5. The van der Waals surface area contributed by atoms with Crippen LogP contribution in [-0.4, -0.2) is 53.4 Å². The van der Waals surface area contributed by atoms with Crippen molar-refractivity contribution in [1.82, 2.24) is 9.47 Å². The number of nitrogens with zero attached hydrogens (tertiary/aromatic N) is 2. The van der Waals surface area contributed by atoms with Gasteiger partial charge in [0, 0.05) is 64.1 Å². The van der Waals surface area contributed by atoms with Crippen molar-refractivity contribution in [3.05, 3.63) is 64.1 Å². The lowest BCUT2D eigenvalue weighted by Gasteiger charge is -2.47. The zero-order chi connectivity index (χ0) is 24.8. The van der Waals surface area contributed by atoms with E-state index in [2.05, 4.69) is 4.90 Å². The average molecular weight is 481 g/mol. The minimum absolute atomic E-state index is 0.0271. The fourth-order valence-electron chi connectivity index (χ4n) is 5.80. The van der Waals surface area contributed by atoms with E-state index in [1.54, 1.807) is 26.0 Å². The van der Waals surface area contributed by atoms with E-state index in [0.29, 0.717) is 26.2 Å². The Balaban J connectivity index is 1.43. The van der Waals surface area contributed by atoms with E-state index < -0.39 is 23.1 Å². The third kappa shape index (κ3) is 4.47. The van der Waals surface area contributed by atoms with E-state index in [9.17, 15) is 14.4 Å². The molecule has 2 bridgehead atoms. The van der Waals surface area contributed by atoms with Crippen LogP contribution in [0.1, 0.15) is 44.4 Å². The van der Waals surface area contributed by atoms with Gasteiger partial charge in [-0.25, -0.2) is 0 Å². The van der Waals surface area contributed by atoms with Crippen molar-refractivity contribution < 1.29 is 23.8 Å². The molecule has 5 rings (SSSR count). The highest BCUT2D eigenvalue weighted by Gasteiger charge is 2.57. The normalized spacial score (nSPS) is 24.8. The molecule has 0 N–H and O–H groups in total. The van der Waals surface area contributed by atoms with Gasteiger partial charge < -0.3 is 23.7 Å². The smallest absolute Gasteiger partial charge is 0.328 e. The summed E-state index contributed by atoms with van der Waals surface area (Å²) in [6, 6.07) is 12.9. The van der Waals surface area contributed by atoms with Crippen LogP contribution >= 0.6 is 0 Å². The second-order valence-corrected chi connectivity index (χ2v) is 10.4. The maximum Gasteiger partial charge on any atom is 0.328 e. The summed E-state index contributed by atoms with van der Waals surface area (Å²) in [7, 11) is 0. The van der Waals surface area contributed by atoms with E-state index in [-0.39, 0.29) is 30.4 Å². The summed E-state index contributed by atoms with van der Waals surface area (Å²) in [6.07, 6.45) is 1.17. The molecule has 0 aliphatic carbocycles. The minimum Gasteiger partial charge on any atom is -0.494 e. The van der Waals surface area contributed by atoms with Gasteiger partial charge in [0.25, 0.3) is 11.3 Å². The molecule has 8 heteroatoms. The number of esters is 2. The molecule has 0 radical (unpaired) electrons. The molecule has 0 spiro atoms. The molecule has 2 unspecified atom stereocenters. The number of hydrogen-bond donors (Lipinski definition) is 0. The molecule has 8 nitrogen and oxygen atoms in total. The Morgan fingerprint density at radius 3 is 2.37 bits per heavy atom. The number of aromatic nitrogens is 1. The second kappa shape index (κ2) is 8.82. The number of fused-ring (bicyclic) bond motifs is 4. The number of carbonyl (C=O) groups excluding carboxylic acids is 2. The molecule has 4 heterocycles. The van der Waals surface area contributed by atoms with Gasteiger partial charge in [-0.05, 0) is 43.0 Å². The van der Waals surface area contributed by atoms with Crippen LogP contribution < -0.4 is 10.3 Å². The number of cyclic esters (lactones) is 2. The lowest BCUT2D eigenvalue weighted by Crippen LogP contribution is -2.61. The van der Waals surface area contributed by atoms with Crippen molar-refractivity contribution >= 4 is 11.9 Å². The van der Waals surface area contributed by atoms with E-state index in [4.69, 9.17) is 14.2 Å². The molecule has 35 heavy (non-hydrogen) atoms. The van der Waals surface area contributed by atoms with Crippen LogP contribution in [0.25, 0.3) is 0 Å². The molecular formula is C27H32N2O6. The zero-order valence-corrected chi connectivity index (χ0v) is 20.5. The summed E-state index contributed by atoms with van der Waals surface area (Å²) in [5, 5.41) is 0. The topological polar surface area (TPSA) is 87.1 Å². The standard InChI is InChI=1S/C27H32N2O6/c1-4-33-21-10-8-18(9-11-21)13-27(24(31)34-26(2,3)35-25(27)32)17-28-14-19-12-20(16-28)22-6-5-7-23(30)29(22)15-19/h5-11,19-20H,4,12-17H2,1-3H3. The van der Waals surface area contributed by atoms with Gasteiger partial charge in [0.05, 0.1) is 6.61 Å². The van der Waals surface area contributed by atoms with Crippen LogP contribution in [0.15, 0.2) is 47.3 Å². The van der Waals surface area contributed by atoms with Crippen LogP contribution in [0.3, 0.4) is 0 Å². The molecule has 1 aromatic carbocycles. The Kier molecular flexibility index (Phi) is 5.95. The zero-order valence-electron chi connectivity index (χ0n) is 20.5. The first-order chi connectivity index (χ1) is 16.7. The largest absolute Gasteiger partial charge is 0.494 e. The van der Waals surface area contributed by atoms with Crippen molar-refractivity contribution in [1.29, 1.82) is 0 Å². The number of likely N-dealkylation sites (tertiary alicyclic amines) is 1. The SMILES string of the molecule is CCOc1ccc(CC2(CN3CC4CC(C3)c3cccc(=O)n3C4)C(=O)OC(C)(C)OC2=O)cc1. The summed E-state index contributed by atoms with van der Waals surface area (Å²) in [4.78, 5) is 41.5. The number of carbonyl (C=O) groups is 2. The van der Waals surface area contributed by atoms with Crippen molar-refractivity contribution in [2.75, 3.05) is 26.2 Å². The monoisotopic (exact) mass is 480 g/mol. The summed E-state index contributed by atoms with van der Waals surface area (Å²) < 4.78 is 18.6. The van der Waals surface area contributed by atoms with Gasteiger partial charge in [-0.1, -0.05) is 18.2 Å². The van der Waals surface area contributed by atoms with Gasteiger partial charge in [0.15, 0.2) is 5.41 Å². The maximum absolute atomic E-state index is 13.5. The van der Waals surface area contributed by atoms with Gasteiger partial charge in [-0.15, -0.1) is 0 Å². The molecule has 1 aromatic heterocycles.